The van der Waals surface area contributed by atoms with Crippen molar-refractivity contribution in [3.8, 4) is 0 Å². The van der Waals surface area contributed by atoms with Gasteiger partial charge < -0.3 is 10.0 Å². The number of likely N-dealkylation sites (N-methyl/N-ethyl adjacent to an activating group) is 1. The second-order valence-corrected chi connectivity index (χ2v) is 6.35. The van der Waals surface area contributed by atoms with Gasteiger partial charge in [0.05, 0.1) is 11.1 Å². The molecule has 2 aromatic carbocycles. The predicted molar refractivity (Wildman–Crippen MR) is 89.8 cm³/mol. The van der Waals surface area contributed by atoms with Gasteiger partial charge in [-0.15, -0.1) is 0 Å². The van der Waals surface area contributed by atoms with Crippen molar-refractivity contribution in [3.63, 3.8) is 0 Å². The fourth-order valence-corrected chi connectivity index (χ4v) is 3.31. The second-order valence-electron chi connectivity index (χ2n) is 6.35. The average Bonchev–Trinajstić information content (AvgIpc) is 2.60. The van der Waals surface area contributed by atoms with E-state index in [0.717, 1.165) is 6.07 Å². The Hall–Kier alpha value is -2.55. The van der Waals surface area contributed by atoms with Crippen LogP contribution < -0.4 is 0 Å². The van der Waals surface area contributed by atoms with Crippen LogP contribution in [-0.4, -0.2) is 30.1 Å². The number of benzene rings is 2. The Morgan fingerprint density at radius 1 is 1.04 bits per heavy atom. The van der Waals surface area contributed by atoms with Gasteiger partial charge in [-0.3, -0.25) is 4.79 Å². The molecule has 1 aliphatic heterocycles. The van der Waals surface area contributed by atoms with Crippen LogP contribution in [0.3, 0.4) is 0 Å². The van der Waals surface area contributed by atoms with Gasteiger partial charge in [0.25, 0.3) is 6.47 Å². The summed E-state index contributed by atoms with van der Waals surface area (Å²) in [7, 11) is 1.66. The highest BCUT2D eigenvalue weighted by molar-refractivity contribution is 5.48. The Morgan fingerprint density at radius 3 is 2.11 bits per heavy atom. The molecule has 3 rings (SSSR count). The Kier molecular flexibility index (Phi) is 6.38. The highest BCUT2D eigenvalue weighted by Gasteiger charge is 2.41. The molecule has 0 saturated heterocycles. The molecule has 1 aliphatic rings. The molecule has 0 aliphatic carbocycles. The molecule has 152 valence electrons. The number of hydrogen-bond donors (Lipinski definition) is 1. The van der Waals surface area contributed by atoms with Crippen LogP contribution in [0.1, 0.15) is 33.7 Å². The molecule has 1 N–H and O–H groups in total. The maximum absolute atomic E-state index is 13.4. The zero-order valence-electron chi connectivity index (χ0n) is 14.7. The van der Waals surface area contributed by atoms with Gasteiger partial charge in [0, 0.05) is 19.0 Å². The van der Waals surface area contributed by atoms with E-state index in [4.69, 9.17) is 9.90 Å². The molecule has 0 spiro atoms. The number of fused-ring (bicyclic) bond motifs is 1. The Bertz CT molecular complexity index is 818. The molecule has 28 heavy (non-hydrogen) atoms. The zero-order valence-corrected chi connectivity index (χ0v) is 14.7. The molecule has 2 aromatic rings. The standard InChI is InChI=1S/C18H15F6N.CH2O2/c1-25-9-14(11-5-3-2-4-6-11)13-7-12(17(19,20)21)8-16(15(13)10-25)18(22,23)24;2-1-3/h2-8,14H,9-10H2,1H3;1H,(H,2,3). The molecule has 1 atom stereocenters. The van der Waals surface area contributed by atoms with Crippen molar-refractivity contribution in [2.75, 3.05) is 13.6 Å². The van der Waals surface area contributed by atoms with E-state index in [0.29, 0.717) is 12.1 Å². The second kappa shape index (κ2) is 8.22. The minimum absolute atomic E-state index is 0.0361. The van der Waals surface area contributed by atoms with Gasteiger partial charge in [0.2, 0.25) is 0 Å². The monoisotopic (exact) mass is 405 g/mol. The summed E-state index contributed by atoms with van der Waals surface area (Å²) in [5, 5.41) is 6.89. The fraction of sp³-hybridized carbons (Fsp3) is 0.316. The lowest BCUT2D eigenvalue weighted by molar-refractivity contribution is -0.143. The van der Waals surface area contributed by atoms with Gasteiger partial charge in [-0.05, 0) is 35.9 Å². The molecule has 0 amide bonds. The third kappa shape index (κ3) is 4.83. The van der Waals surface area contributed by atoms with Crippen LogP contribution in [0.4, 0.5) is 26.3 Å². The van der Waals surface area contributed by atoms with Crippen LogP contribution in [0.25, 0.3) is 0 Å². The lowest BCUT2D eigenvalue weighted by Crippen LogP contribution is -2.33. The summed E-state index contributed by atoms with van der Waals surface area (Å²) < 4.78 is 79.7. The maximum Gasteiger partial charge on any atom is 0.416 e. The van der Waals surface area contributed by atoms with E-state index in [1.165, 1.54) is 0 Å². The Balaban J connectivity index is 0.000000878. The van der Waals surface area contributed by atoms with Crippen molar-refractivity contribution in [2.24, 2.45) is 0 Å². The van der Waals surface area contributed by atoms with Crippen LogP contribution in [0.15, 0.2) is 42.5 Å². The fourth-order valence-electron chi connectivity index (χ4n) is 3.31. The molecule has 9 heteroatoms. The molecule has 0 saturated carbocycles. The summed E-state index contributed by atoms with van der Waals surface area (Å²) in [5.74, 6) is -0.543. The van der Waals surface area contributed by atoms with Crippen LogP contribution in [0, 0.1) is 0 Å². The first kappa shape index (κ1) is 21.7. The average molecular weight is 405 g/mol. The molecule has 0 aromatic heterocycles. The summed E-state index contributed by atoms with van der Waals surface area (Å²) in [6.07, 6.45) is -9.68. The van der Waals surface area contributed by atoms with Crippen molar-refractivity contribution in [3.05, 3.63) is 70.3 Å². The molecule has 1 unspecified atom stereocenters. The summed E-state index contributed by atoms with van der Waals surface area (Å²) in [6.45, 7) is 0.0707. The predicted octanol–water partition coefficient (Wildman–Crippen LogP) is 5.00. The van der Waals surface area contributed by atoms with E-state index in [2.05, 4.69) is 0 Å². The van der Waals surface area contributed by atoms with E-state index in [1.807, 2.05) is 0 Å². The quantitative estimate of drug-likeness (QED) is 0.536. The van der Waals surface area contributed by atoms with E-state index >= 15 is 0 Å². The van der Waals surface area contributed by atoms with E-state index < -0.39 is 29.4 Å². The Morgan fingerprint density at radius 2 is 1.61 bits per heavy atom. The van der Waals surface area contributed by atoms with Crippen LogP contribution in [-0.2, 0) is 23.7 Å². The van der Waals surface area contributed by atoms with Crippen molar-refractivity contribution in [1.82, 2.24) is 4.90 Å². The van der Waals surface area contributed by atoms with E-state index in [9.17, 15) is 26.3 Å². The Labute approximate surface area is 157 Å². The maximum atomic E-state index is 13.4. The third-order valence-corrected chi connectivity index (χ3v) is 4.42. The highest BCUT2D eigenvalue weighted by Crippen LogP contribution is 2.44. The van der Waals surface area contributed by atoms with E-state index in [-0.39, 0.29) is 30.2 Å². The molecular weight excluding hydrogens is 388 g/mol. The van der Waals surface area contributed by atoms with Crippen LogP contribution in [0.5, 0.6) is 0 Å². The van der Waals surface area contributed by atoms with Gasteiger partial charge >= 0.3 is 12.4 Å². The van der Waals surface area contributed by atoms with Crippen molar-refractivity contribution < 1.29 is 36.2 Å². The number of carbonyl (C=O) groups is 1. The number of hydrogen-bond acceptors (Lipinski definition) is 2. The summed E-state index contributed by atoms with van der Waals surface area (Å²) in [5.41, 5.74) is -1.74. The third-order valence-electron chi connectivity index (χ3n) is 4.42. The minimum atomic E-state index is -4.84. The molecule has 0 bridgehead atoms. The minimum Gasteiger partial charge on any atom is -0.483 e. The first-order chi connectivity index (χ1) is 13.0. The van der Waals surface area contributed by atoms with E-state index in [1.54, 1.807) is 42.3 Å². The topological polar surface area (TPSA) is 40.5 Å². The first-order valence-corrected chi connectivity index (χ1v) is 8.11. The molecule has 0 fully saturated rings. The van der Waals surface area contributed by atoms with Gasteiger partial charge in [0.1, 0.15) is 0 Å². The highest BCUT2D eigenvalue weighted by atomic mass is 19.4. The number of carboxylic acid groups (broad SMARTS) is 1. The lowest BCUT2D eigenvalue weighted by atomic mass is 9.81. The van der Waals surface area contributed by atoms with Crippen LogP contribution in [0.2, 0.25) is 0 Å². The van der Waals surface area contributed by atoms with Crippen molar-refractivity contribution in [1.29, 1.82) is 0 Å². The number of rotatable bonds is 1. The number of alkyl halides is 6. The largest absolute Gasteiger partial charge is 0.483 e. The zero-order chi connectivity index (χ0) is 21.1. The molecule has 3 nitrogen and oxygen atoms in total. The molecule has 1 heterocycles. The SMILES string of the molecule is CN1Cc2c(cc(C(F)(F)F)cc2C(F)(F)F)C(c2ccccc2)C1.O=CO. The number of nitrogens with zero attached hydrogens (tertiary/aromatic N) is 1. The first-order valence-electron chi connectivity index (χ1n) is 8.11. The van der Waals surface area contributed by atoms with Gasteiger partial charge in [-0.25, -0.2) is 0 Å². The number of halogens is 6. The molecule has 0 radical (unpaired) electrons. The van der Waals surface area contributed by atoms with Crippen LogP contribution >= 0.6 is 0 Å². The molecular formula is C19H17F6NO2. The van der Waals surface area contributed by atoms with Gasteiger partial charge in [0.15, 0.2) is 0 Å². The lowest BCUT2D eigenvalue weighted by Gasteiger charge is -2.35. The smallest absolute Gasteiger partial charge is 0.416 e. The summed E-state index contributed by atoms with van der Waals surface area (Å²) in [4.78, 5) is 10.1. The normalized spacial score (nSPS) is 17.3. The van der Waals surface area contributed by atoms with Crippen molar-refractivity contribution in [2.45, 2.75) is 24.8 Å². The summed E-state index contributed by atoms with van der Waals surface area (Å²) >= 11 is 0. The van der Waals surface area contributed by atoms with Crippen molar-refractivity contribution >= 4 is 6.47 Å². The summed E-state index contributed by atoms with van der Waals surface area (Å²) in [6, 6.07) is 9.74. The van der Waals surface area contributed by atoms with Gasteiger partial charge in [-0.2, -0.15) is 26.3 Å². The van der Waals surface area contributed by atoms with Gasteiger partial charge in [-0.1, -0.05) is 30.3 Å².